The molecule has 37 heavy (non-hydrogen) atoms. The van der Waals surface area contributed by atoms with Crippen LogP contribution in [0, 0.1) is 5.41 Å². The summed E-state index contributed by atoms with van der Waals surface area (Å²) in [5, 5.41) is 1.47. The third-order valence-corrected chi connectivity index (χ3v) is 7.80. The molecule has 7 heteroatoms. The zero-order chi connectivity index (χ0) is 26.2. The minimum Gasteiger partial charge on any atom is -0.468 e. The van der Waals surface area contributed by atoms with Crippen LogP contribution < -0.4 is 0 Å². The number of methoxy groups -OCH3 is 2. The summed E-state index contributed by atoms with van der Waals surface area (Å²) in [5.41, 5.74) is 1.89. The molecule has 0 bridgehead atoms. The van der Waals surface area contributed by atoms with E-state index in [2.05, 4.69) is 4.98 Å². The van der Waals surface area contributed by atoms with Crippen molar-refractivity contribution in [2.45, 2.75) is 24.7 Å². The molecular formula is C30H26ClNO5. The van der Waals surface area contributed by atoms with E-state index in [9.17, 15) is 14.4 Å². The molecule has 0 amide bonds. The summed E-state index contributed by atoms with van der Waals surface area (Å²) >= 11 is 6.67. The van der Waals surface area contributed by atoms with E-state index in [0.717, 1.165) is 22.0 Å². The van der Waals surface area contributed by atoms with Crippen molar-refractivity contribution in [2.75, 3.05) is 14.2 Å². The second kappa shape index (κ2) is 9.87. The highest BCUT2D eigenvalue weighted by Gasteiger charge is 2.60. The summed E-state index contributed by atoms with van der Waals surface area (Å²) in [6.45, 7) is 0. The number of Topliss-reactive ketones (excluding diaryl/α,β-unsaturated/α-hetero) is 1. The predicted octanol–water partition coefficient (Wildman–Crippen LogP) is 6.05. The lowest BCUT2D eigenvalue weighted by atomic mass is 9.59. The van der Waals surface area contributed by atoms with Gasteiger partial charge in [-0.1, -0.05) is 78.3 Å². The molecule has 4 aromatic rings. The van der Waals surface area contributed by atoms with Crippen molar-refractivity contribution in [3.05, 3.63) is 106 Å². The Bertz CT molecular complexity index is 1480. The molecule has 0 aliphatic heterocycles. The number of esters is 2. The molecule has 1 heterocycles. The lowest BCUT2D eigenvalue weighted by Gasteiger charge is -2.42. The number of carbonyl (C=O) groups is 3. The maximum atomic E-state index is 13.6. The van der Waals surface area contributed by atoms with Crippen LogP contribution in [0.15, 0.2) is 78.9 Å². The summed E-state index contributed by atoms with van der Waals surface area (Å²) < 4.78 is 10.5. The van der Waals surface area contributed by atoms with E-state index in [1.807, 2.05) is 48.5 Å². The summed E-state index contributed by atoms with van der Waals surface area (Å²) in [4.78, 5) is 44.2. The van der Waals surface area contributed by atoms with Crippen LogP contribution in [0.4, 0.5) is 0 Å². The highest BCUT2D eigenvalue weighted by atomic mass is 35.5. The fourth-order valence-corrected chi connectivity index (χ4v) is 6.04. The Kier molecular flexibility index (Phi) is 6.61. The molecule has 0 fully saturated rings. The first kappa shape index (κ1) is 24.8. The van der Waals surface area contributed by atoms with Gasteiger partial charge >= 0.3 is 11.9 Å². The molecule has 1 aliphatic carbocycles. The molecule has 1 N–H and O–H groups in total. The number of halogens is 1. The molecule has 0 saturated heterocycles. The van der Waals surface area contributed by atoms with E-state index in [1.165, 1.54) is 14.2 Å². The number of carbonyl (C=O) groups excluding carboxylic acids is 3. The number of fused-ring (bicyclic) bond motifs is 3. The topological polar surface area (TPSA) is 85.5 Å². The van der Waals surface area contributed by atoms with Gasteiger partial charge in [0.25, 0.3) is 0 Å². The van der Waals surface area contributed by atoms with Gasteiger partial charge in [-0.05, 0) is 29.7 Å². The van der Waals surface area contributed by atoms with Crippen LogP contribution in [0.25, 0.3) is 10.9 Å². The van der Waals surface area contributed by atoms with Gasteiger partial charge in [0.05, 0.1) is 14.2 Å². The van der Waals surface area contributed by atoms with Crippen LogP contribution in [0.3, 0.4) is 0 Å². The molecule has 188 valence electrons. The molecule has 1 aliphatic rings. The summed E-state index contributed by atoms with van der Waals surface area (Å²) in [6.07, 6.45) is -0.0546. The highest BCUT2D eigenvalue weighted by Crippen LogP contribution is 2.57. The molecule has 2 unspecified atom stereocenters. The smallest absolute Gasteiger partial charge is 0.323 e. The number of H-pyrrole nitrogens is 1. The number of aromatic amines is 1. The maximum Gasteiger partial charge on any atom is 0.323 e. The highest BCUT2D eigenvalue weighted by molar-refractivity contribution is 6.31. The van der Waals surface area contributed by atoms with Gasteiger partial charge in [0, 0.05) is 45.4 Å². The molecule has 1 aromatic heterocycles. The molecule has 0 saturated carbocycles. The van der Waals surface area contributed by atoms with Crippen molar-refractivity contribution in [3.8, 4) is 0 Å². The van der Waals surface area contributed by atoms with Crippen molar-refractivity contribution in [3.63, 3.8) is 0 Å². The maximum absolute atomic E-state index is 13.6. The molecule has 0 radical (unpaired) electrons. The average Bonchev–Trinajstić information content (AvgIpc) is 3.33. The first-order valence-electron chi connectivity index (χ1n) is 12.0. The SMILES string of the molecule is COC(=O)C1(C(=O)OC)CC(c2ccccc2Cl)c2c([nH]c3ccccc23)C1CC(=O)c1ccccc1. The van der Waals surface area contributed by atoms with Crippen molar-refractivity contribution in [1.29, 1.82) is 0 Å². The Morgan fingerprint density at radius 2 is 1.51 bits per heavy atom. The van der Waals surface area contributed by atoms with Crippen LogP contribution in [0.5, 0.6) is 0 Å². The molecular weight excluding hydrogens is 490 g/mol. The third kappa shape index (κ3) is 4.02. The lowest BCUT2D eigenvalue weighted by molar-refractivity contribution is -0.172. The van der Waals surface area contributed by atoms with E-state index in [1.54, 1.807) is 30.3 Å². The quantitative estimate of drug-likeness (QED) is 0.192. The number of hydrogen-bond acceptors (Lipinski definition) is 5. The Balaban J connectivity index is 1.80. The number of nitrogens with one attached hydrogen (secondary N) is 1. The van der Waals surface area contributed by atoms with E-state index >= 15 is 0 Å². The van der Waals surface area contributed by atoms with E-state index in [0.29, 0.717) is 16.3 Å². The Hall–Kier alpha value is -3.90. The number of ether oxygens (including phenoxy) is 2. The summed E-state index contributed by atoms with van der Waals surface area (Å²) in [6, 6.07) is 24.0. The van der Waals surface area contributed by atoms with Gasteiger partial charge < -0.3 is 14.5 Å². The fraction of sp³-hybridized carbons (Fsp3) is 0.233. The predicted molar refractivity (Wildman–Crippen MR) is 141 cm³/mol. The van der Waals surface area contributed by atoms with Crippen molar-refractivity contribution in [1.82, 2.24) is 4.98 Å². The van der Waals surface area contributed by atoms with Gasteiger partial charge in [-0.2, -0.15) is 0 Å². The average molecular weight is 516 g/mol. The number of aromatic nitrogens is 1. The van der Waals surface area contributed by atoms with Gasteiger partial charge in [-0.15, -0.1) is 0 Å². The van der Waals surface area contributed by atoms with Crippen molar-refractivity contribution in [2.24, 2.45) is 5.41 Å². The van der Waals surface area contributed by atoms with Crippen LogP contribution in [-0.4, -0.2) is 36.9 Å². The monoisotopic (exact) mass is 515 g/mol. The first-order valence-corrected chi connectivity index (χ1v) is 12.4. The zero-order valence-corrected chi connectivity index (χ0v) is 21.2. The van der Waals surface area contributed by atoms with Crippen LogP contribution >= 0.6 is 11.6 Å². The van der Waals surface area contributed by atoms with Gasteiger partial charge in [0.2, 0.25) is 0 Å². The molecule has 6 nitrogen and oxygen atoms in total. The van der Waals surface area contributed by atoms with Gasteiger partial charge in [-0.25, -0.2) is 0 Å². The van der Waals surface area contributed by atoms with Crippen LogP contribution in [-0.2, 0) is 19.1 Å². The van der Waals surface area contributed by atoms with E-state index < -0.39 is 29.2 Å². The van der Waals surface area contributed by atoms with Crippen molar-refractivity contribution >= 4 is 40.2 Å². The number of benzene rings is 3. The third-order valence-electron chi connectivity index (χ3n) is 7.46. The zero-order valence-electron chi connectivity index (χ0n) is 20.5. The number of para-hydroxylation sites is 1. The van der Waals surface area contributed by atoms with Crippen molar-refractivity contribution < 1.29 is 23.9 Å². The largest absolute Gasteiger partial charge is 0.468 e. The molecule has 2 atom stereocenters. The van der Waals surface area contributed by atoms with Gasteiger partial charge in [0.15, 0.2) is 11.2 Å². The van der Waals surface area contributed by atoms with Gasteiger partial charge in [-0.3, -0.25) is 14.4 Å². The Labute approximate surface area is 219 Å². The van der Waals surface area contributed by atoms with E-state index in [-0.39, 0.29) is 18.6 Å². The number of ketones is 1. The Morgan fingerprint density at radius 1 is 0.892 bits per heavy atom. The Morgan fingerprint density at radius 3 is 2.19 bits per heavy atom. The normalized spacial score (nSPS) is 18.1. The van der Waals surface area contributed by atoms with E-state index in [4.69, 9.17) is 21.1 Å². The number of hydrogen-bond donors (Lipinski definition) is 1. The fourth-order valence-electron chi connectivity index (χ4n) is 5.77. The molecule has 3 aromatic carbocycles. The summed E-state index contributed by atoms with van der Waals surface area (Å²) in [7, 11) is 2.49. The second-order valence-electron chi connectivity index (χ2n) is 9.28. The molecule has 5 rings (SSSR count). The summed E-state index contributed by atoms with van der Waals surface area (Å²) in [5.74, 6) is -2.95. The molecule has 0 spiro atoms. The lowest BCUT2D eigenvalue weighted by Crippen LogP contribution is -2.50. The first-order chi connectivity index (χ1) is 17.9. The van der Waals surface area contributed by atoms with Gasteiger partial charge in [0.1, 0.15) is 0 Å². The standard InChI is InChI=1S/C30H26ClNO5/c1-36-28(34)30(29(35)37-2)17-21(19-12-6-8-14-23(19)31)26-20-13-7-9-15-24(20)32-27(26)22(30)16-25(33)18-10-4-3-5-11-18/h3-15,21-22,32H,16-17H2,1-2H3. The van der Waals surface area contributed by atoms with Crippen LogP contribution in [0.2, 0.25) is 5.02 Å². The minimum absolute atomic E-state index is 0.0393. The van der Waals surface area contributed by atoms with Crippen LogP contribution in [0.1, 0.15) is 51.9 Å². The number of rotatable bonds is 6. The minimum atomic E-state index is -1.77. The second-order valence-corrected chi connectivity index (χ2v) is 9.68.